The highest BCUT2D eigenvalue weighted by molar-refractivity contribution is 9.22. The third-order valence-corrected chi connectivity index (χ3v) is 76.0. The van der Waals surface area contributed by atoms with Crippen molar-refractivity contribution in [1.82, 2.24) is 0 Å². The van der Waals surface area contributed by atoms with Crippen LogP contribution in [-0.4, -0.2) is 22.1 Å². The highest BCUT2D eigenvalue weighted by atomic mass is 33.2. The Labute approximate surface area is 91.0 Å². The van der Waals surface area contributed by atoms with Gasteiger partial charge < -0.3 is 0 Å². The van der Waals surface area contributed by atoms with E-state index < -0.39 is 22.3 Å². The summed E-state index contributed by atoms with van der Waals surface area (Å²) in [4.78, 5) is 0. The molecular weight excluding hydrogens is 300 g/mol. The summed E-state index contributed by atoms with van der Waals surface area (Å²) in [5, 5.41) is 1.81. The van der Waals surface area contributed by atoms with Gasteiger partial charge in [0.05, 0.1) is 0 Å². The van der Waals surface area contributed by atoms with E-state index in [1.54, 1.807) is 0 Å². The molecule has 6 heterocycles. The molecule has 6 aliphatic rings. The monoisotopic (exact) mass is 304 g/mol. The molecule has 6 fully saturated rings. The summed E-state index contributed by atoms with van der Waals surface area (Å²) in [6.45, 7) is 0. The molecule has 0 aliphatic carbocycles. The minimum absolute atomic E-state index is 0.902. The Hall–Kier alpha value is 2.60. The molecule has 64 valence electrons. The van der Waals surface area contributed by atoms with Crippen molar-refractivity contribution in [3.8, 4) is 0 Å². The first-order valence-electron chi connectivity index (χ1n) is 3.88. The average molecular weight is 304 g/mol. The summed E-state index contributed by atoms with van der Waals surface area (Å²) in [6.07, 6.45) is 0. The van der Waals surface area contributed by atoms with Crippen LogP contribution in [-0.2, 0) is 47.2 Å². The van der Waals surface area contributed by atoms with Crippen molar-refractivity contribution >= 4 is 69.5 Å². The van der Waals surface area contributed by atoms with E-state index in [4.69, 9.17) is 47.2 Å². The maximum absolute atomic E-state index is 5.84. The summed E-state index contributed by atoms with van der Waals surface area (Å²) in [5.74, 6) is 0. The molecule has 8 atom stereocenters. The van der Waals surface area contributed by atoms with E-state index in [1.807, 2.05) is 0 Å². The lowest BCUT2D eigenvalue weighted by atomic mass is 10.3. The first-order chi connectivity index (χ1) is 5.48. The third-order valence-electron chi connectivity index (χ3n) is 4.57. The summed E-state index contributed by atoms with van der Waals surface area (Å²) in [6, 6.07) is 0. The second kappa shape index (κ2) is 1.45. The maximum Gasteiger partial charge on any atom is 0.0398 e. The summed E-state index contributed by atoms with van der Waals surface area (Å²) < 4.78 is 0. The van der Waals surface area contributed by atoms with E-state index in [0.29, 0.717) is 0 Å². The van der Waals surface area contributed by atoms with Crippen molar-refractivity contribution in [1.29, 1.82) is 0 Å². The topological polar surface area (TPSA) is 0 Å². The second-order valence-corrected chi connectivity index (χ2v) is 39.0. The number of hydrogen-bond donors (Lipinski definition) is 0. The van der Waals surface area contributed by atoms with Gasteiger partial charge in [-0.05, 0) is 0 Å². The quantitative estimate of drug-likeness (QED) is 0.630. The van der Waals surface area contributed by atoms with Crippen LogP contribution in [0.2, 0.25) is 0 Å². The predicted octanol–water partition coefficient (Wildman–Crippen LogP) is 3.11. The van der Waals surface area contributed by atoms with E-state index in [1.165, 1.54) is 0 Å². The Morgan fingerprint density at radius 3 is 1.25 bits per heavy atom. The van der Waals surface area contributed by atoms with Crippen molar-refractivity contribution in [2.24, 2.45) is 0 Å². The van der Waals surface area contributed by atoms with Crippen LogP contribution in [0.3, 0.4) is 0 Å². The SMILES string of the molecule is S=P12C3C4C1P1(=S)P4(=S)C3P21=S. The van der Waals surface area contributed by atoms with Gasteiger partial charge in [0, 0.05) is 44.4 Å². The van der Waals surface area contributed by atoms with Gasteiger partial charge in [-0.3, -0.25) is 0 Å². The lowest BCUT2D eigenvalue weighted by Gasteiger charge is -3.06. The molecule has 6 saturated heterocycles. The van der Waals surface area contributed by atoms with Crippen molar-refractivity contribution < 1.29 is 0 Å². The Balaban J connectivity index is 2.11. The highest BCUT2D eigenvalue weighted by Crippen LogP contribution is 3.53. The molecule has 0 spiro atoms. The zero-order valence-corrected chi connectivity index (χ0v) is 12.6. The lowest BCUT2D eigenvalue weighted by molar-refractivity contribution is 0.678. The molecule has 0 aromatic carbocycles. The molecule has 0 amide bonds. The van der Waals surface area contributed by atoms with E-state index in [9.17, 15) is 0 Å². The summed E-state index contributed by atoms with van der Waals surface area (Å²) in [7, 11) is 0. The van der Waals surface area contributed by atoms with E-state index in [0.717, 1.165) is 22.1 Å². The van der Waals surface area contributed by atoms with Gasteiger partial charge in [-0.2, -0.15) is 0 Å². The first-order valence-corrected chi connectivity index (χ1v) is 17.6. The van der Waals surface area contributed by atoms with Crippen LogP contribution in [0.4, 0.5) is 0 Å². The van der Waals surface area contributed by atoms with Crippen LogP contribution in [0.25, 0.3) is 0 Å². The molecule has 0 N–H and O–H groups in total. The van der Waals surface area contributed by atoms with Crippen LogP contribution >= 0.6 is 22.3 Å². The zero-order chi connectivity index (χ0) is 8.31. The third kappa shape index (κ3) is 0.282. The molecule has 6 rings (SSSR count). The molecule has 8 unspecified atom stereocenters. The van der Waals surface area contributed by atoms with Gasteiger partial charge in [0.2, 0.25) is 0 Å². The van der Waals surface area contributed by atoms with Gasteiger partial charge in [0.25, 0.3) is 0 Å². The van der Waals surface area contributed by atoms with Gasteiger partial charge in [0.15, 0.2) is 0 Å². The molecule has 0 aromatic rings. The van der Waals surface area contributed by atoms with Crippen LogP contribution in [0.15, 0.2) is 0 Å². The molecule has 6 aliphatic heterocycles. The smallest absolute Gasteiger partial charge is 0.0398 e. The Bertz CT molecular complexity index is 536. The normalized spacial score (nSPS) is 101. The van der Waals surface area contributed by atoms with E-state index >= 15 is 0 Å². The maximum atomic E-state index is 5.84. The van der Waals surface area contributed by atoms with Crippen LogP contribution in [0.5, 0.6) is 0 Å². The van der Waals surface area contributed by atoms with E-state index in [2.05, 4.69) is 0 Å². The average Bonchev–Trinajstić information content (AvgIpc) is 2.02. The predicted molar refractivity (Wildman–Crippen MR) is 72.3 cm³/mol. The fourth-order valence-corrected chi connectivity index (χ4v) is 118. The molecule has 0 aromatic heterocycles. The molecule has 8 heteroatoms. The summed E-state index contributed by atoms with van der Waals surface area (Å²) in [5.41, 5.74) is -1.87. The van der Waals surface area contributed by atoms with Crippen LogP contribution in [0, 0.1) is 0 Å². The molecule has 0 nitrogen and oxygen atoms in total. The molecule has 12 heavy (non-hydrogen) atoms. The van der Waals surface area contributed by atoms with Gasteiger partial charge >= 0.3 is 0 Å². The van der Waals surface area contributed by atoms with Crippen LogP contribution < -0.4 is 0 Å². The van der Waals surface area contributed by atoms with Crippen molar-refractivity contribution in [3.05, 3.63) is 0 Å². The zero-order valence-electron chi connectivity index (χ0n) is 5.73. The first kappa shape index (κ1) is 7.81. The Kier molecular flexibility index (Phi) is 0.943. The lowest BCUT2D eigenvalue weighted by Crippen LogP contribution is -2.83. The number of rotatable bonds is 0. The molecule has 0 saturated carbocycles. The Morgan fingerprint density at radius 1 is 0.667 bits per heavy atom. The van der Waals surface area contributed by atoms with E-state index in [-0.39, 0.29) is 0 Å². The molecule has 0 bridgehead atoms. The van der Waals surface area contributed by atoms with Gasteiger partial charge in [-0.25, -0.2) is 0 Å². The van der Waals surface area contributed by atoms with Crippen molar-refractivity contribution in [3.63, 3.8) is 0 Å². The number of hydrogen-bond acceptors (Lipinski definition) is 4. The molecular formula is C4H4P4S4. The fourth-order valence-electron chi connectivity index (χ4n) is 4.18. The fraction of sp³-hybridized carbons (Fsp3) is 1.00. The Morgan fingerprint density at radius 2 is 1.00 bits per heavy atom. The standard InChI is InChI=1S/C4H4P4S4/c9-5-1-2-4(5)8(12)6(2,10)3(1)7(5,8)11/h1-4H. The minimum atomic E-state index is -1.01. The van der Waals surface area contributed by atoms with Gasteiger partial charge in [0.1, 0.15) is 0 Å². The second-order valence-electron chi connectivity index (χ2n) is 4.33. The summed E-state index contributed by atoms with van der Waals surface area (Å²) >= 11 is 23.3. The largest absolute Gasteiger partial charge is 0.0904 e. The molecule has 0 radical (unpaired) electrons. The van der Waals surface area contributed by atoms with Crippen molar-refractivity contribution in [2.45, 2.75) is 22.1 Å². The van der Waals surface area contributed by atoms with Gasteiger partial charge in [-0.15, -0.1) is 0 Å². The minimum Gasteiger partial charge on any atom is -0.0904 e. The highest BCUT2D eigenvalue weighted by Gasteiger charge is 3.11. The van der Waals surface area contributed by atoms with Gasteiger partial charge in [-0.1, -0.05) is 47.2 Å². The van der Waals surface area contributed by atoms with Crippen LogP contribution in [0.1, 0.15) is 0 Å². The van der Waals surface area contributed by atoms with Crippen molar-refractivity contribution in [2.75, 3.05) is 0 Å².